The third-order valence-electron chi connectivity index (χ3n) is 18.9. The van der Waals surface area contributed by atoms with Gasteiger partial charge in [-0.25, -0.2) is 36.9 Å². The first-order valence-electron chi connectivity index (χ1n) is 41.3. The molecule has 12 aromatic rings. The maximum atomic E-state index is 14.0. The van der Waals surface area contributed by atoms with Gasteiger partial charge in [-0.3, -0.25) is 37.4 Å². The standard InChI is InChI=1S/C24H24FNO7.C21H23N3O3.C17H14FNO3.C13H15ClO4.C7H8FN.C6H12O2.C5H3BrFN.C4H10N2.CO2/c1-24(2,3)33-23(29)19-15-9-8-14(25)12-26(15)21(27)20(22(28)32-6)18(19)13-7-10-16(30-4)17(11-13)31-5;1-26-19-6-3-15(12-20(19)27-2)16-11-17-4-5-18(14-24(17)21(25)13-16)23-9-7-22-8-10-23;1-21-15-6-3-11(8-16(15)22-2)12-7-14-5-4-13(18)10-19(14)17(20)9-12;1-8(13(15)18-4)12(14)9-5-6-10(16-2)11(7-9)17-3;1-2-7-4-3-6(8)5-9-7;1-5(7)8-6(2,3)4;6-5-2-1-4(7)3-8-5;1-2-6-4-3-5-1;2-1-3/h7-12H,1-6H3;3-6,11-14,22H,7-10H2,1-2H3;3-10H,1-2H3;5-7H,1-4H3;3-5H,2H2,1H3;1-4H3;1-3H;5-6H,1-4H2;/b;;;12-8-;;;;;. The molecule has 714 valence electrons. The highest BCUT2D eigenvalue weighted by atomic mass is 79.9. The van der Waals surface area contributed by atoms with Crippen molar-refractivity contribution in [2.75, 3.05) is 128 Å². The lowest BCUT2D eigenvalue weighted by atomic mass is 9.93. The average molecular weight is 1940 g/mol. The molecule has 8 aromatic heterocycles. The smallest absolute Gasteiger partial charge is 0.373 e. The molecule has 0 atom stereocenters. The van der Waals surface area contributed by atoms with E-state index in [0.717, 1.165) is 128 Å². The highest BCUT2D eigenvalue weighted by Gasteiger charge is 2.32. The number of methoxy groups -OCH3 is 10. The fraction of sp³-hybridized carbons (Fsp3) is 0.306. The summed E-state index contributed by atoms with van der Waals surface area (Å²) in [5, 5.41) is 10.1. The summed E-state index contributed by atoms with van der Waals surface area (Å²) >= 11 is 9.20. The van der Waals surface area contributed by atoms with Crippen LogP contribution in [0.2, 0.25) is 0 Å². The topological polar surface area (TPSA) is 343 Å². The zero-order chi connectivity index (χ0) is 99.1. The van der Waals surface area contributed by atoms with Crippen LogP contribution in [0.3, 0.4) is 0 Å². The largest absolute Gasteiger partial charge is 0.493 e. The van der Waals surface area contributed by atoms with E-state index < -0.39 is 46.3 Å². The molecule has 134 heavy (non-hydrogen) atoms. The van der Waals surface area contributed by atoms with Crippen LogP contribution < -0.4 is 75.4 Å². The van der Waals surface area contributed by atoms with E-state index >= 15 is 0 Å². The number of anilines is 1. The Labute approximate surface area is 786 Å². The van der Waals surface area contributed by atoms with Crippen LogP contribution in [0, 0.1) is 23.3 Å². The summed E-state index contributed by atoms with van der Waals surface area (Å²) in [6, 6.07) is 43.3. The van der Waals surface area contributed by atoms with Crippen LogP contribution in [-0.4, -0.2) is 188 Å². The molecule has 0 aliphatic carbocycles. The normalized spacial score (nSPS) is 12.0. The number of aromatic nitrogens is 5. The van der Waals surface area contributed by atoms with Crippen molar-refractivity contribution in [3.63, 3.8) is 0 Å². The van der Waals surface area contributed by atoms with Gasteiger partial charge in [0.1, 0.15) is 44.6 Å². The number of carbonyl (C=O) groups excluding carboxylic acids is 6. The fourth-order valence-corrected chi connectivity index (χ4v) is 13.2. The molecule has 2 saturated heterocycles. The molecule has 2 aliphatic rings. The SMILES string of the molecule is C1CNCCN1.CC(=O)OC(C)(C)C.CCc1ccc(F)cn1.COC(=O)/C(C)=C(\Cl)c1ccc(OC)c(OC)c1.COC(=O)c1c(-c2ccc(OC)c(OC)c2)c(C(=O)OC(C)(C)C)c2ccc(F)cn2c1=O.COc1ccc(-c2cc(=O)n3cc(F)ccc3c2)cc1OC.COc1ccc(-c2cc(=O)n3cc(N4CCNCC4)ccc3c2)cc1OC.Fc1ccc(Br)nc1.O=C=O. The van der Waals surface area contributed by atoms with Gasteiger partial charge >= 0.3 is 30.0 Å². The summed E-state index contributed by atoms with van der Waals surface area (Å²) in [5.41, 5.74) is 5.22. The molecule has 14 rings (SSSR count). The molecule has 0 radical (unpaired) electrons. The Morgan fingerprint density at radius 3 is 1.28 bits per heavy atom. The van der Waals surface area contributed by atoms with Crippen LogP contribution in [0.1, 0.15) is 94.3 Å². The summed E-state index contributed by atoms with van der Waals surface area (Å²) in [5.74, 6) is 0.117. The first kappa shape index (κ1) is 109. The van der Waals surface area contributed by atoms with Crippen LogP contribution in [0.5, 0.6) is 46.0 Å². The van der Waals surface area contributed by atoms with E-state index in [1.165, 1.54) is 88.6 Å². The quantitative estimate of drug-likeness (QED) is 0.0251. The van der Waals surface area contributed by atoms with Gasteiger partial charge in [-0.1, -0.05) is 36.7 Å². The van der Waals surface area contributed by atoms with Crippen LogP contribution >= 0.6 is 27.5 Å². The second kappa shape index (κ2) is 53.5. The number of benzene rings is 4. The number of fused-ring (bicyclic) bond motifs is 3. The monoisotopic (exact) mass is 1940 g/mol. The number of esters is 4. The van der Waals surface area contributed by atoms with Gasteiger partial charge in [0, 0.05) is 112 Å². The van der Waals surface area contributed by atoms with Gasteiger partial charge in [-0.2, -0.15) is 9.59 Å². The van der Waals surface area contributed by atoms with Gasteiger partial charge in [-0.15, -0.1) is 0 Å². The van der Waals surface area contributed by atoms with E-state index in [9.17, 15) is 51.1 Å². The van der Waals surface area contributed by atoms with E-state index in [1.807, 2.05) is 76.4 Å². The fourth-order valence-electron chi connectivity index (χ4n) is 12.8. The van der Waals surface area contributed by atoms with E-state index in [-0.39, 0.29) is 57.1 Å². The number of hydrogen-bond acceptors (Lipinski definition) is 27. The molecule has 2 aliphatic heterocycles. The maximum absolute atomic E-state index is 14.0. The minimum absolute atomic E-state index is 0.0198. The number of nitrogens with one attached hydrogen (secondary N) is 3. The lowest BCUT2D eigenvalue weighted by molar-refractivity contribution is -0.191. The molecule has 0 amide bonds. The summed E-state index contributed by atoms with van der Waals surface area (Å²) in [6.45, 7) is 23.9. The highest BCUT2D eigenvalue weighted by Crippen LogP contribution is 2.40. The molecular formula is C98H109BrClF4N9O21. The van der Waals surface area contributed by atoms with E-state index in [1.54, 1.807) is 134 Å². The number of ether oxygens (including phenoxy) is 12. The Balaban J connectivity index is 0.000000248. The second-order valence-electron chi connectivity index (χ2n) is 30.4. The van der Waals surface area contributed by atoms with Crippen molar-refractivity contribution < 1.29 is 103 Å². The molecule has 2 fully saturated rings. The number of aryl methyl sites for hydroxylation is 1. The number of nitrogens with zero attached hydrogens (tertiary/aromatic N) is 6. The average Bonchev–Trinajstić information content (AvgIpc) is 0.733. The number of rotatable bonds is 17. The van der Waals surface area contributed by atoms with E-state index in [2.05, 4.69) is 57.6 Å². The van der Waals surface area contributed by atoms with Crippen molar-refractivity contribution in [1.29, 1.82) is 0 Å². The highest BCUT2D eigenvalue weighted by molar-refractivity contribution is 9.10. The summed E-state index contributed by atoms with van der Waals surface area (Å²) in [4.78, 5) is 112. The van der Waals surface area contributed by atoms with Crippen LogP contribution in [0.15, 0.2) is 213 Å². The predicted octanol–water partition coefficient (Wildman–Crippen LogP) is 15.9. The van der Waals surface area contributed by atoms with Crippen molar-refractivity contribution in [2.45, 2.75) is 79.9 Å². The lowest BCUT2D eigenvalue weighted by Crippen LogP contribution is -2.43. The zero-order valence-corrected chi connectivity index (χ0v) is 80.1. The van der Waals surface area contributed by atoms with Crippen LogP contribution in [0.25, 0.3) is 55.0 Å². The van der Waals surface area contributed by atoms with Crippen molar-refractivity contribution in [2.24, 2.45) is 0 Å². The van der Waals surface area contributed by atoms with E-state index in [0.29, 0.717) is 77.8 Å². The van der Waals surface area contributed by atoms with Crippen molar-refractivity contribution in [3.05, 3.63) is 276 Å². The zero-order valence-electron chi connectivity index (χ0n) is 77.8. The minimum Gasteiger partial charge on any atom is -0.493 e. The lowest BCUT2D eigenvalue weighted by Gasteiger charge is -2.29. The van der Waals surface area contributed by atoms with Gasteiger partial charge in [-0.05, 0) is 232 Å². The Bertz CT molecular complexity index is 6200. The van der Waals surface area contributed by atoms with Gasteiger partial charge < -0.3 is 77.7 Å². The van der Waals surface area contributed by atoms with Gasteiger partial charge in [0.05, 0.1) is 111 Å². The molecule has 0 bridgehead atoms. The summed E-state index contributed by atoms with van der Waals surface area (Å²) < 4.78 is 118. The Kier molecular flexibility index (Phi) is 43.5. The number of pyridine rings is 8. The molecule has 10 heterocycles. The Hall–Kier alpha value is -14.0. The Morgan fingerprint density at radius 2 is 0.866 bits per heavy atom. The van der Waals surface area contributed by atoms with Gasteiger partial charge in [0.15, 0.2) is 46.0 Å². The molecule has 0 saturated carbocycles. The van der Waals surface area contributed by atoms with Crippen LogP contribution in [-0.2, 0) is 44.5 Å². The molecule has 3 N–H and O–H groups in total. The maximum Gasteiger partial charge on any atom is 0.373 e. The summed E-state index contributed by atoms with van der Waals surface area (Å²) in [6.07, 6.45) is 7.51. The molecule has 4 aromatic carbocycles. The van der Waals surface area contributed by atoms with Crippen molar-refractivity contribution in [1.82, 2.24) is 39.1 Å². The van der Waals surface area contributed by atoms with Crippen molar-refractivity contribution >= 4 is 84.8 Å². The molecule has 0 unspecified atom stereocenters. The number of hydrogen-bond donors (Lipinski definition) is 3. The molecule has 36 heteroatoms. The predicted molar refractivity (Wildman–Crippen MR) is 506 cm³/mol. The van der Waals surface area contributed by atoms with Gasteiger partial charge in [0.25, 0.3) is 16.7 Å². The molecular weight excluding hydrogens is 1830 g/mol. The van der Waals surface area contributed by atoms with E-state index in [4.69, 9.17) is 73.3 Å². The molecule has 0 spiro atoms. The first-order chi connectivity index (χ1) is 63.8. The summed E-state index contributed by atoms with van der Waals surface area (Å²) in [7, 11) is 14.7. The number of carbonyl (C=O) groups is 4. The van der Waals surface area contributed by atoms with Crippen LogP contribution in [0.4, 0.5) is 23.2 Å². The first-order valence-corrected chi connectivity index (χ1v) is 42.5. The third-order valence-corrected chi connectivity index (χ3v) is 19.9. The third kappa shape index (κ3) is 32.5. The Morgan fingerprint density at radius 1 is 0.448 bits per heavy atom. The minimum atomic E-state index is -0.992. The number of piperazine rings is 2. The van der Waals surface area contributed by atoms with Gasteiger partial charge in [0.2, 0.25) is 0 Å². The molecule has 30 nitrogen and oxygen atoms in total. The van der Waals surface area contributed by atoms with Crippen molar-refractivity contribution in [3.8, 4) is 79.4 Å². The second-order valence-corrected chi connectivity index (χ2v) is 31.6. The number of halogens is 6.